The van der Waals surface area contributed by atoms with Crippen LogP contribution in [0.3, 0.4) is 0 Å². The topological polar surface area (TPSA) is 116 Å². The Hall–Kier alpha value is -2.25. The third kappa shape index (κ3) is 6.93. The van der Waals surface area contributed by atoms with E-state index in [4.69, 9.17) is 16.3 Å². The molecule has 1 aliphatic carbocycles. The first-order chi connectivity index (χ1) is 20.1. The van der Waals surface area contributed by atoms with Crippen LogP contribution in [0.15, 0.2) is 28.5 Å². The van der Waals surface area contributed by atoms with Crippen LogP contribution in [0.2, 0.25) is 5.02 Å². The van der Waals surface area contributed by atoms with Gasteiger partial charge < -0.3 is 19.4 Å². The lowest BCUT2D eigenvalue weighted by Gasteiger charge is -2.34. The van der Waals surface area contributed by atoms with Crippen molar-refractivity contribution in [3.63, 3.8) is 0 Å². The van der Waals surface area contributed by atoms with Gasteiger partial charge in [-0.2, -0.15) is 4.72 Å². The quantitative estimate of drug-likeness (QED) is 0.426. The van der Waals surface area contributed by atoms with Crippen LogP contribution in [0.5, 0.6) is 0 Å². The summed E-state index contributed by atoms with van der Waals surface area (Å²) in [5.74, 6) is -0.0222. The number of methoxy groups -OCH3 is 1. The van der Waals surface area contributed by atoms with Crippen molar-refractivity contribution in [3.8, 4) is 0 Å². The Bertz CT molecular complexity index is 1430. The number of nitrogens with one attached hydrogen (secondary N) is 1. The molecule has 0 spiro atoms. The monoisotopic (exact) mass is 638 g/mol. The van der Waals surface area contributed by atoms with Gasteiger partial charge in [0.2, 0.25) is 17.7 Å². The number of carbonyl (C=O) groups is 3. The number of nitrogens with zero attached hydrogens (tertiary/aromatic N) is 3. The van der Waals surface area contributed by atoms with Gasteiger partial charge >= 0.3 is 0 Å². The second-order valence-electron chi connectivity index (χ2n) is 11.7. The van der Waals surface area contributed by atoms with E-state index >= 15 is 0 Å². The molecule has 0 bridgehead atoms. The number of piperidine rings is 1. The largest absolute Gasteiger partial charge is 0.375 e. The molecule has 3 fully saturated rings. The van der Waals surface area contributed by atoms with Crippen LogP contribution in [0.1, 0.15) is 51.4 Å². The number of thiophene rings is 1. The van der Waals surface area contributed by atoms with Crippen LogP contribution in [-0.2, 0) is 29.1 Å². The summed E-state index contributed by atoms with van der Waals surface area (Å²) in [4.78, 5) is 44.2. The van der Waals surface area contributed by atoms with E-state index in [9.17, 15) is 22.8 Å². The summed E-state index contributed by atoms with van der Waals surface area (Å²) in [6, 6.07) is 6.18. The molecule has 1 aromatic carbocycles. The summed E-state index contributed by atoms with van der Waals surface area (Å²) in [5.41, 5.74) is 0. The molecule has 42 heavy (non-hydrogen) atoms. The van der Waals surface area contributed by atoms with Gasteiger partial charge in [-0.15, -0.1) is 11.3 Å². The number of hydrogen-bond donors (Lipinski definition) is 1. The van der Waals surface area contributed by atoms with E-state index < -0.39 is 16.1 Å². The van der Waals surface area contributed by atoms with E-state index in [0.29, 0.717) is 36.9 Å². The molecule has 2 aliphatic heterocycles. The van der Waals surface area contributed by atoms with Crippen molar-refractivity contribution < 1.29 is 27.5 Å². The van der Waals surface area contributed by atoms with E-state index in [2.05, 4.69) is 4.72 Å². The van der Waals surface area contributed by atoms with Gasteiger partial charge in [0, 0.05) is 49.1 Å². The molecule has 230 valence electrons. The number of carbonyl (C=O) groups excluding carboxylic acids is 3. The predicted octanol–water partition coefficient (Wildman–Crippen LogP) is 3.48. The fraction of sp³-hybridized carbons (Fsp3) is 0.621. The van der Waals surface area contributed by atoms with Gasteiger partial charge in [0.1, 0.15) is 16.9 Å². The summed E-state index contributed by atoms with van der Waals surface area (Å²) in [7, 11) is -0.569. The zero-order chi connectivity index (χ0) is 30.0. The number of sulfonamides is 1. The van der Waals surface area contributed by atoms with Crippen LogP contribution in [0.4, 0.5) is 0 Å². The molecule has 5 rings (SSSR count). The van der Waals surface area contributed by atoms with Crippen molar-refractivity contribution >= 4 is 60.8 Å². The minimum Gasteiger partial charge on any atom is -0.375 e. The predicted molar refractivity (Wildman–Crippen MR) is 162 cm³/mol. The van der Waals surface area contributed by atoms with E-state index in [-0.39, 0.29) is 47.2 Å². The molecule has 1 N–H and O–H groups in total. The van der Waals surface area contributed by atoms with Crippen molar-refractivity contribution in [1.29, 1.82) is 0 Å². The molecule has 3 heterocycles. The van der Waals surface area contributed by atoms with Crippen molar-refractivity contribution in [2.75, 3.05) is 40.4 Å². The molecule has 4 atom stereocenters. The lowest BCUT2D eigenvalue weighted by Crippen LogP contribution is -2.54. The molecule has 0 radical (unpaired) electrons. The molecular formula is C29H39ClN4O6S2. The van der Waals surface area contributed by atoms with E-state index in [0.717, 1.165) is 59.9 Å². The summed E-state index contributed by atoms with van der Waals surface area (Å²) >= 11 is 7.18. The van der Waals surface area contributed by atoms with Gasteiger partial charge in [0.25, 0.3) is 10.0 Å². The summed E-state index contributed by atoms with van der Waals surface area (Å²) < 4.78 is 34.9. The highest BCUT2D eigenvalue weighted by atomic mass is 35.5. The normalized spacial score (nSPS) is 25.0. The Morgan fingerprint density at radius 3 is 2.71 bits per heavy atom. The van der Waals surface area contributed by atoms with E-state index in [1.807, 2.05) is 11.9 Å². The van der Waals surface area contributed by atoms with Gasteiger partial charge in [-0.05, 0) is 86.9 Å². The molecule has 3 amide bonds. The number of ether oxygens (including phenoxy) is 1. The molecule has 3 aliphatic rings. The molecule has 2 unspecified atom stereocenters. The third-order valence-corrected chi connectivity index (χ3v) is 12.2. The number of halogens is 1. The van der Waals surface area contributed by atoms with Crippen molar-refractivity contribution in [2.45, 2.75) is 73.7 Å². The number of fused-ring (bicyclic) bond motifs is 1. The average molecular weight is 639 g/mol. The summed E-state index contributed by atoms with van der Waals surface area (Å²) in [5, 5.41) is 1.25. The maximum atomic E-state index is 13.4. The molecule has 1 aromatic heterocycles. The van der Waals surface area contributed by atoms with Crippen molar-refractivity contribution in [3.05, 3.63) is 29.3 Å². The number of hydrogen-bond acceptors (Lipinski definition) is 7. The molecular weight excluding hydrogens is 600 g/mol. The Morgan fingerprint density at radius 1 is 1.14 bits per heavy atom. The highest BCUT2D eigenvalue weighted by molar-refractivity contribution is 7.91. The smallest absolute Gasteiger partial charge is 0.250 e. The van der Waals surface area contributed by atoms with E-state index in [1.54, 1.807) is 29.2 Å². The van der Waals surface area contributed by atoms with Gasteiger partial charge in [-0.3, -0.25) is 14.4 Å². The van der Waals surface area contributed by atoms with Crippen molar-refractivity contribution in [2.24, 2.45) is 5.92 Å². The van der Waals surface area contributed by atoms with Crippen LogP contribution < -0.4 is 4.72 Å². The maximum absolute atomic E-state index is 13.4. The zero-order valence-electron chi connectivity index (χ0n) is 24.1. The van der Waals surface area contributed by atoms with Gasteiger partial charge in [-0.25, -0.2) is 8.42 Å². The third-order valence-electron chi connectivity index (χ3n) is 8.90. The standard InChI is InChI=1S/C29H39ClN4O6S2/c1-32(27(36)18-40-2)22-9-7-19(13-22)14-23-5-3-12-34(23)26(35)17-33-11-4-6-24(29(33)37)31-42(38,39)28-16-20-15-21(30)8-10-25(20)41-28/h8,10,15-16,19,22-24,31H,3-7,9,11-14,17-18H2,1-2H3/t19?,22?,23-,24-/m0/s1. The average Bonchev–Trinajstić information content (AvgIpc) is 3.71. The Labute approximate surface area is 256 Å². The highest BCUT2D eigenvalue weighted by Crippen LogP contribution is 2.36. The minimum absolute atomic E-state index is 0.0126. The van der Waals surface area contributed by atoms with Crippen molar-refractivity contribution in [1.82, 2.24) is 19.4 Å². The molecule has 2 saturated heterocycles. The molecule has 2 aromatic rings. The second-order valence-corrected chi connectivity index (χ2v) is 15.2. The first-order valence-electron chi connectivity index (χ1n) is 14.6. The van der Waals surface area contributed by atoms with Crippen LogP contribution >= 0.6 is 22.9 Å². The van der Waals surface area contributed by atoms with Crippen LogP contribution in [0.25, 0.3) is 10.1 Å². The number of benzene rings is 1. The minimum atomic E-state index is -3.93. The lowest BCUT2D eigenvalue weighted by molar-refractivity contribution is -0.143. The zero-order valence-corrected chi connectivity index (χ0v) is 26.5. The first kappa shape index (κ1) is 31.2. The fourth-order valence-corrected chi connectivity index (χ4v) is 9.46. The number of likely N-dealkylation sites (tertiary alicyclic amines) is 2. The van der Waals surface area contributed by atoms with Crippen LogP contribution in [-0.4, -0.2) is 99.4 Å². The second kappa shape index (κ2) is 13.2. The lowest BCUT2D eigenvalue weighted by atomic mass is 9.96. The molecule has 13 heteroatoms. The number of amides is 3. The maximum Gasteiger partial charge on any atom is 0.250 e. The fourth-order valence-electron chi connectivity index (χ4n) is 6.67. The van der Waals surface area contributed by atoms with Crippen LogP contribution in [0, 0.1) is 5.92 Å². The van der Waals surface area contributed by atoms with Gasteiger partial charge in [-0.1, -0.05) is 11.6 Å². The summed E-state index contributed by atoms with van der Waals surface area (Å²) in [6.45, 7) is 1.13. The molecule has 10 nitrogen and oxygen atoms in total. The Balaban J connectivity index is 1.16. The Kier molecular flexibility index (Phi) is 9.78. The summed E-state index contributed by atoms with van der Waals surface area (Å²) in [6.07, 6.45) is 6.64. The Morgan fingerprint density at radius 2 is 1.93 bits per heavy atom. The SMILES string of the molecule is COCC(=O)N(C)C1CCC(C[C@@H]2CCCN2C(=O)CN2CCC[C@H](NS(=O)(=O)c3cc4cc(Cl)ccc4s3)C2=O)C1. The number of likely N-dealkylation sites (N-methyl/N-ethyl adjacent to an activating group) is 1. The molecule has 1 saturated carbocycles. The number of rotatable bonds is 10. The van der Waals surface area contributed by atoms with Gasteiger partial charge in [0.05, 0.1) is 6.54 Å². The van der Waals surface area contributed by atoms with E-state index in [1.165, 1.54) is 12.0 Å². The first-order valence-corrected chi connectivity index (χ1v) is 17.3. The highest BCUT2D eigenvalue weighted by Gasteiger charge is 2.38. The van der Waals surface area contributed by atoms with Gasteiger partial charge in [0.15, 0.2) is 0 Å².